The van der Waals surface area contributed by atoms with E-state index in [1.165, 1.54) is 12.8 Å². The van der Waals surface area contributed by atoms with E-state index in [0.29, 0.717) is 0 Å². The van der Waals surface area contributed by atoms with Crippen LogP contribution < -0.4 is 10.9 Å². The summed E-state index contributed by atoms with van der Waals surface area (Å²) in [7, 11) is 1.73. The predicted molar refractivity (Wildman–Crippen MR) is 59.2 cm³/mol. The lowest BCUT2D eigenvalue weighted by Crippen LogP contribution is -2.52. The van der Waals surface area contributed by atoms with Gasteiger partial charge in [0.2, 0.25) is 5.91 Å². The van der Waals surface area contributed by atoms with E-state index in [1.807, 2.05) is 13.8 Å². The Bertz CT molecular complexity index is 207. The van der Waals surface area contributed by atoms with Gasteiger partial charge in [-0.05, 0) is 12.8 Å². The van der Waals surface area contributed by atoms with E-state index in [1.54, 1.807) is 7.11 Å². The molecule has 88 valence electrons. The molecule has 2 atom stereocenters. The number of amides is 1. The molecule has 2 N–H and O–H groups in total. The second-order valence-corrected chi connectivity index (χ2v) is 4.45. The van der Waals surface area contributed by atoms with Crippen LogP contribution in [0.15, 0.2) is 0 Å². The summed E-state index contributed by atoms with van der Waals surface area (Å²) in [6.45, 7) is 3.76. The van der Waals surface area contributed by atoms with Crippen LogP contribution in [0.3, 0.4) is 0 Å². The van der Waals surface area contributed by atoms with Crippen molar-refractivity contribution in [1.82, 2.24) is 10.9 Å². The molecule has 1 saturated carbocycles. The zero-order valence-corrected chi connectivity index (χ0v) is 9.88. The van der Waals surface area contributed by atoms with Crippen LogP contribution in [0.25, 0.3) is 0 Å². The Morgan fingerprint density at radius 3 is 2.60 bits per heavy atom. The number of hydrogen-bond acceptors (Lipinski definition) is 3. The molecule has 0 aliphatic heterocycles. The molecule has 0 aromatic carbocycles. The molecule has 1 fully saturated rings. The zero-order chi connectivity index (χ0) is 11.3. The third kappa shape index (κ3) is 3.80. The van der Waals surface area contributed by atoms with E-state index in [0.717, 1.165) is 12.8 Å². The van der Waals surface area contributed by atoms with Gasteiger partial charge in [-0.2, -0.15) is 0 Å². The van der Waals surface area contributed by atoms with Gasteiger partial charge in [-0.25, -0.2) is 5.43 Å². The molecule has 4 nitrogen and oxygen atoms in total. The molecule has 4 heteroatoms. The Labute approximate surface area is 91.7 Å². The molecule has 1 rings (SSSR count). The van der Waals surface area contributed by atoms with E-state index in [2.05, 4.69) is 10.9 Å². The van der Waals surface area contributed by atoms with Crippen LogP contribution in [0.5, 0.6) is 0 Å². The summed E-state index contributed by atoms with van der Waals surface area (Å²) in [5, 5.41) is 0. The molecule has 0 radical (unpaired) electrons. The zero-order valence-electron chi connectivity index (χ0n) is 9.88. The first-order chi connectivity index (χ1) is 7.15. The van der Waals surface area contributed by atoms with Gasteiger partial charge in [-0.3, -0.25) is 10.2 Å². The van der Waals surface area contributed by atoms with Gasteiger partial charge in [0.25, 0.3) is 0 Å². The highest BCUT2D eigenvalue weighted by atomic mass is 16.5. The molecule has 2 unspecified atom stereocenters. The average Bonchev–Trinajstić information content (AvgIpc) is 2.26. The maximum atomic E-state index is 11.4. The highest BCUT2D eigenvalue weighted by Gasteiger charge is 2.25. The molecule has 15 heavy (non-hydrogen) atoms. The summed E-state index contributed by atoms with van der Waals surface area (Å²) in [6, 6.07) is 0.256. The number of ether oxygens (including phenoxy) is 1. The lowest BCUT2D eigenvalue weighted by Gasteiger charge is -2.31. The van der Waals surface area contributed by atoms with Crippen molar-refractivity contribution in [1.29, 1.82) is 0 Å². The Morgan fingerprint density at radius 2 is 2.00 bits per heavy atom. The summed E-state index contributed by atoms with van der Waals surface area (Å²) >= 11 is 0. The van der Waals surface area contributed by atoms with Crippen molar-refractivity contribution in [2.75, 3.05) is 7.11 Å². The van der Waals surface area contributed by atoms with Gasteiger partial charge in [-0.15, -0.1) is 0 Å². The Morgan fingerprint density at radius 1 is 1.33 bits per heavy atom. The molecule has 0 spiro atoms. The van der Waals surface area contributed by atoms with E-state index < -0.39 is 0 Å². The lowest BCUT2D eigenvalue weighted by molar-refractivity contribution is -0.125. The molecule has 0 bridgehead atoms. The first-order valence-corrected chi connectivity index (χ1v) is 5.73. The second kappa shape index (κ2) is 6.08. The van der Waals surface area contributed by atoms with Crippen LogP contribution in [-0.4, -0.2) is 25.2 Å². The number of carbonyl (C=O) groups excluding carboxylic acids is 1. The molecule has 0 aromatic heterocycles. The summed E-state index contributed by atoms with van der Waals surface area (Å²) in [5.74, 6) is 0.0533. The van der Waals surface area contributed by atoms with E-state index in [-0.39, 0.29) is 24.0 Å². The summed E-state index contributed by atoms with van der Waals surface area (Å²) in [5.41, 5.74) is 5.83. The fraction of sp³-hybridized carbons (Fsp3) is 0.909. The number of methoxy groups -OCH3 is 1. The Balaban J connectivity index is 2.32. The minimum absolute atomic E-state index is 0.0158. The number of nitrogens with one attached hydrogen (secondary N) is 2. The highest BCUT2D eigenvalue weighted by molar-refractivity contribution is 5.77. The number of carbonyl (C=O) groups is 1. The van der Waals surface area contributed by atoms with E-state index >= 15 is 0 Å². The van der Waals surface area contributed by atoms with Crippen LogP contribution in [0.2, 0.25) is 0 Å². The van der Waals surface area contributed by atoms with Crippen LogP contribution in [0.4, 0.5) is 0 Å². The van der Waals surface area contributed by atoms with Crippen molar-refractivity contribution in [2.45, 2.75) is 51.7 Å². The molecule has 0 saturated heterocycles. The fourth-order valence-corrected chi connectivity index (χ4v) is 1.85. The first kappa shape index (κ1) is 12.5. The largest absolute Gasteiger partial charge is 0.380 e. The highest BCUT2D eigenvalue weighted by Crippen LogP contribution is 2.20. The van der Waals surface area contributed by atoms with Gasteiger partial charge in [0.05, 0.1) is 12.1 Å². The van der Waals surface area contributed by atoms with Crippen molar-refractivity contribution >= 4 is 5.91 Å². The van der Waals surface area contributed by atoms with Crippen molar-refractivity contribution in [3.8, 4) is 0 Å². The SMILES string of the molecule is COC1CCCCC1NNC(=O)C(C)C. The van der Waals surface area contributed by atoms with Crippen molar-refractivity contribution in [3.63, 3.8) is 0 Å². The third-order valence-corrected chi connectivity index (χ3v) is 2.91. The van der Waals surface area contributed by atoms with Gasteiger partial charge < -0.3 is 4.74 Å². The van der Waals surface area contributed by atoms with E-state index in [4.69, 9.17) is 4.74 Å². The third-order valence-electron chi connectivity index (χ3n) is 2.91. The Kier molecular flexibility index (Phi) is 5.05. The maximum Gasteiger partial charge on any atom is 0.236 e. The van der Waals surface area contributed by atoms with Crippen LogP contribution >= 0.6 is 0 Å². The molecular weight excluding hydrogens is 192 g/mol. The molecule has 1 amide bonds. The molecule has 0 heterocycles. The standard InChI is InChI=1S/C11H22N2O2/c1-8(2)11(14)13-12-9-6-4-5-7-10(9)15-3/h8-10,12H,4-7H2,1-3H3,(H,13,14). The van der Waals surface area contributed by atoms with E-state index in [9.17, 15) is 4.79 Å². The number of hydrogen-bond donors (Lipinski definition) is 2. The van der Waals surface area contributed by atoms with Crippen LogP contribution in [0.1, 0.15) is 39.5 Å². The van der Waals surface area contributed by atoms with Crippen molar-refractivity contribution in [3.05, 3.63) is 0 Å². The smallest absolute Gasteiger partial charge is 0.236 e. The normalized spacial score (nSPS) is 26.7. The quantitative estimate of drug-likeness (QED) is 0.692. The summed E-state index contributed by atoms with van der Waals surface area (Å²) < 4.78 is 5.38. The van der Waals surface area contributed by atoms with Crippen molar-refractivity contribution < 1.29 is 9.53 Å². The topological polar surface area (TPSA) is 50.4 Å². The average molecular weight is 214 g/mol. The number of rotatable bonds is 4. The molecule has 1 aliphatic carbocycles. The fourth-order valence-electron chi connectivity index (χ4n) is 1.85. The first-order valence-electron chi connectivity index (χ1n) is 5.73. The predicted octanol–water partition coefficient (Wildman–Crippen LogP) is 1.22. The van der Waals surface area contributed by atoms with Gasteiger partial charge in [0.1, 0.15) is 0 Å². The van der Waals surface area contributed by atoms with Crippen LogP contribution in [-0.2, 0) is 9.53 Å². The molecule has 0 aromatic rings. The van der Waals surface area contributed by atoms with Gasteiger partial charge >= 0.3 is 0 Å². The second-order valence-electron chi connectivity index (χ2n) is 4.45. The summed E-state index contributed by atoms with van der Waals surface area (Å²) in [4.78, 5) is 11.4. The molecular formula is C11H22N2O2. The minimum atomic E-state index is 0.0158. The monoisotopic (exact) mass is 214 g/mol. The van der Waals surface area contributed by atoms with Crippen LogP contribution in [0, 0.1) is 5.92 Å². The van der Waals surface area contributed by atoms with Gasteiger partial charge in [0, 0.05) is 13.0 Å². The maximum absolute atomic E-state index is 11.4. The molecule has 1 aliphatic rings. The van der Waals surface area contributed by atoms with Gasteiger partial charge in [0.15, 0.2) is 0 Å². The number of hydrazine groups is 1. The van der Waals surface area contributed by atoms with Crippen molar-refractivity contribution in [2.24, 2.45) is 5.92 Å². The summed E-state index contributed by atoms with van der Waals surface area (Å²) in [6.07, 6.45) is 4.79. The Hall–Kier alpha value is -0.610. The van der Waals surface area contributed by atoms with Gasteiger partial charge in [-0.1, -0.05) is 26.7 Å². The minimum Gasteiger partial charge on any atom is -0.380 e. The lowest BCUT2D eigenvalue weighted by atomic mass is 9.93.